The van der Waals surface area contributed by atoms with Gasteiger partial charge < -0.3 is 15.1 Å². The molecule has 2 rings (SSSR count). The van der Waals surface area contributed by atoms with Crippen molar-refractivity contribution in [3.63, 3.8) is 0 Å². The van der Waals surface area contributed by atoms with Crippen LogP contribution >= 0.6 is 11.3 Å². The molecule has 0 fully saturated rings. The summed E-state index contributed by atoms with van der Waals surface area (Å²) in [5.74, 6) is 0.198. The first kappa shape index (κ1) is 17.2. The van der Waals surface area contributed by atoms with Crippen molar-refractivity contribution in [1.82, 2.24) is 15.6 Å². The molecule has 0 radical (unpaired) electrons. The van der Waals surface area contributed by atoms with Gasteiger partial charge in [0.2, 0.25) is 5.91 Å². The maximum atomic E-state index is 12.0. The molecule has 8 heteroatoms. The Hall–Kier alpha value is -2.19. The summed E-state index contributed by atoms with van der Waals surface area (Å²) in [4.78, 5) is 28.1. The molecular weight excluding hydrogens is 316 g/mol. The number of carbonyl (C=O) groups is 2. The Morgan fingerprint density at radius 1 is 1.35 bits per heavy atom. The van der Waals surface area contributed by atoms with Crippen LogP contribution in [0.2, 0.25) is 0 Å². The number of thiazole rings is 1. The number of hydrogen-bond donors (Lipinski definition) is 3. The van der Waals surface area contributed by atoms with Crippen LogP contribution in [0.4, 0.5) is 5.13 Å². The number of anilines is 1. The molecule has 0 aliphatic carbocycles. The van der Waals surface area contributed by atoms with E-state index in [1.807, 2.05) is 6.92 Å². The summed E-state index contributed by atoms with van der Waals surface area (Å²) >= 11 is 1.29. The Morgan fingerprint density at radius 3 is 2.87 bits per heavy atom. The van der Waals surface area contributed by atoms with Gasteiger partial charge in [0, 0.05) is 18.5 Å². The topological polar surface area (TPSA) is 96.3 Å². The van der Waals surface area contributed by atoms with Gasteiger partial charge in [-0.05, 0) is 19.5 Å². The summed E-state index contributed by atoms with van der Waals surface area (Å²) < 4.78 is 5.10. The number of furan rings is 1. The Bertz CT molecular complexity index is 665. The number of rotatable bonds is 8. The average molecular weight is 336 g/mol. The van der Waals surface area contributed by atoms with Crippen LogP contribution in [0.3, 0.4) is 0 Å². The fourth-order valence-corrected chi connectivity index (χ4v) is 2.63. The van der Waals surface area contributed by atoms with Gasteiger partial charge in [0.25, 0.3) is 5.91 Å². The molecule has 2 aromatic heterocycles. The van der Waals surface area contributed by atoms with Crippen molar-refractivity contribution in [2.24, 2.45) is 0 Å². The molecule has 0 spiro atoms. The molecule has 124 valence electrons. The van der Waals surface area contributed by atoms with E-state index in [0.717, 1.165) is 13.1 Å². The van der Waals surface area contributed by atoms with Crippen LogP contribution in [0.5, 0.6) is 0 Å². The molecule has 0 unspecified atom stereocenters. The summed E-state index contributed by atoms with van der Waals surface area (Å²) in [5, 5.41) is 10.9. The number of aryl methyl sites for hydroxylation is 1. The van der Waals surface area contributed by atoms with Crippen LogP contribution < -0.4 is 16.0 Å². The number of carbonyl (C=O) groups excluding carboxylic acids is 2. The average Bonchev–Trinajstić information content (AvgIpc) is 3.12. The Balaban J connectivity index is 1.82. The van der Waals surface area contributed by atoms with E-state index in [1.54, 1.807) is 18.4 Å². The van der Waals surface area contributed by atoms with Crippen LogP contribution in [0.25, 0.3) is 0 Å². The van der Waals surface area contributed by atoms with E-state index in [2.05, 4.69) is 20.9 Å². The molecule has 7 nitrogen and oxygen atoms in total. The van der Waals surface area contributed by atoms with Crippen LogP contribution in [-0.4, -0.2) is 36.4 Å². The van der Waals surface area contributed by atoms with Gasteiger partial charge in [-0.25, -0.2) is 4.98 Å². The molecule has 0 aliphatic rings. The van der Waals surface area contributed by atoms with E-state index >= 15 is 0 Å². The van der Waals surface area contributed by atoms with Crippen molar-refractivity contribution in [2.75, 3.05) is 25.0 Å². The van der Waals surface area contributed by atoms with Gasteiger partial charge in [-0.3, -0.25) is 14.9 Å². The summed E-state index contributed by atoms with van der Waals surface area (Å²) in [5.41, 5.74) is 1.11. The monoisotopic (exact) mass is 336 g/mol. The lowest BCUT2D eigenvalue weighted by Gasteiger charge is -2.04. The normalized spacial score (nSPS) is 10.5. The maximum absolute atomic E-state index is 12.0. The number of likely N-dealkylation sites (N-methyl/N-ethyl adjacent to an activating group) is 1. The lowest BCUT2D eigenvalue weighted by atomic mass is 10.2. The summed E-state index contributed by atoms with van der Waals surface area (Å²) in [6.45, 7) is 5.93. The van der Waals surface area contributed by atoms with Crippen molar-refractivity contribution < 1.29 is 14.0 Å². The van der Waals surface area contributed by atoms with E-state index in [9.17, 15) is 9.59 Å². The molecular formula is C15H20N4O3S. The maximum Gasteiger partial charge on any atom is 0.260 e. The predicted molar refractivity (Wildman–Crippen MR) is 88.8 cm³/mol. The number of nitrogens with zero attached hydrogens (tertiary/aromatic N) is 1. The molecule has 3 N–H and O–H groups in total. The molecule has 2 aromatic rings. The van der Waals surface area contributed by atoms with Crippen molar-refractivity contribution >= 4 is 28.3 Å². The van der Waals surface area contributed by atoms with Crippen molar-refractivity contribution in [3.05, 3.63) is 34.7 Å². The van der Waals surface area contributed by atoms with Crippen molar-refractivity contribution in [2.45, 2.75) is 20.3 Å². The van der Waals surface area contributed by atoms with E-state index in [1.165, 1.54) is 17.6 Å². The molecule has 0 aromatic carbocycles. The van der Waals surface area contributed by atoms with Gasteiger partial charge in [0.05, 0.1) is 23.9 Å². The summed E-state index contributed by atoms with van der Waals surface area (Å²) in [6.07, 6.45) is 1.67. The van der Waals surface area contributed by atoms with E-state index in [-0.39, 0.29) is 18.2 Å². The minimum Gasteiger partial charge on any atom is -0.469 e. The van der Waals surface area contributed by atoms with Gasteiger partial charge in [-0.1, -0.05) is 6.92 Å². The van der Waals surface area contributed by atoms with Crippen LogP contribution in [0.15, 0.2) is 22.1 Å². The number of aromatic nitrogens is 1. The van der Waals surface area contributed by atoms with Gasteiger partial charge in [0.1, 0.15) is 5.76 Å². The highest BCUT2D eigenvalue weighted by atomic mass is 32.1. The zero-order valence-electron chi connectivity index (χ0n) is 13.1. The molecule has 23 heavy (non-hydrogen) atoms. The van der Waals surface area contributed by atoms with Crippen LogP contribution in [0, 0.1) is 6.92 Å². The quantitative estimate of drug-likeness (QED) is 0.636. The first-order valence-corrected chi connectivity index (χ1v) is 8.25. The predicted octanol–water partition coefficient (Wildman–Crippen LogP) is 1.57. The zero-order chi connectivity index (χ0) is 16.7. The van der Waals surface area contributed by atoms with Crippen LogP contribution in [0.1, 0.15) is 28.7 Å². The standard InChI is InChI=1S/C15H20N4O3S/c1-3-16-5-6-17-13(20)8-11-9-23-15(18-11)19-14(21)12-4-7-22-10(12)2/h4,7,9,16H,3,5-6,8H2,1-2H3,(H,17,20)(H,18,19,21). The molecule has 2 heterocycles. The van der Waals surface area contributed by atoms with Gasteiger partial charge in [-0.2, -0.15) is 0 Å². The molecule has 0 saturated carbocycles. The van der Waals surface area contributed by atoms with Crippen molar-refractivity contribution in [3.8, 4) is 0 Å². The lowest BCUT2D eigenvalue weighted by Crippen LogP contribution is -2.32. The second kappa shape index (κ2) is 8.44. The first-order chi connectivity index (χ1) is 11.1. The highest BCUT2D eigenvalue weighted by Gasteiger charge is 2.14. The highest BCUT2D eigenvalue weighted by molar-refractivity contribution is 7.14. The molecule has 0 atom stereocenters. The zero-order valence-corrected chi connectivity index (χ0v) is 14.0. The minimum atomic E-state index is -0.271. The Morgan fingerprint density at radius 2 is 2.17 bits per heavy atom. The summed E-state index contributed by atoms with van der Waals surface area (Å²) in [6, 6.07) is 1.61. The molecule has 0 saturated heterocycles. The van der Waals surface area contributed by atoms with Gasteiger partial charge >= 0.3 is 0 Å². The van der Waals surface area contributed by atoms with Crippen LogP contribution in [-0.2, 0) is 11.2 Å². The lowest BCUT2D eigenvalue weighted by molar-refractivity contribution is -0.120. The SMILES string of the molecule is CCNCCNC(=O)Cc1csc(NC(=O)c2ccoc2C)n1. The fourth-order valence-electron chi connectivity index (χ4n) is 1.92. The number of hydrogen-bond acceptors (Lipinski definition) is 6. The first-order valence-electron chi connectivity index (χ1n) is 7.37. The fraction of sp³-hybridized carbons (Fsp3) is 0.400. The second-order valence-electron chi connectivity index (χ2n) is 4.87. The Labute approximate surface area is 138 Å². The number of amides is 2. The van der Waals surface area contributed by atoms with E-state index in [4.69, 9.17) is 4.42 Å². The second-order valence-corrected chi connectivity index (χ2v) is 5.73. The third-order valence-corrected chi connectivity index (χ3v) is 3.90. The van der Waals surface area contributed by atoms with Gasteiger partial charge in [0.15, 0.2) is 5.13 Å². The highest BCUT2D eigenvalue weighted by Crippen LogP contribution is 2.18. The third kappa shape index (κ3) is 5.19. The molecule has 2 amide bonds. The largest absolute Gasteiger partial charge is 0.469 e. The smallest absolute Gasteiger partial charge is 0.260 e. The summed E-state index contributed by atoms with van der Waals surface area (Å²) in [7, 11) is 0. The third-order valence-electron chi connectivity index (χ3n) is 3.09. The Kier molecular flexibility index (Phi) is 6.30. The molecule has 0 bridgehead atoms. The number of nitrogens with one attached hydrogen (secondary N) is 3. The van der Waals surface area contributed by atoms with E-state index < -0.39 is 0 Å². The van der Waals surface area contributed by atoms with Gasteiger partial charge in [-0.15, -0.1) is 11.3 Å². The minimum absolute atomic E-state index is 0.0863. The molecule has 0 aliphatic heterocycles. The van der Waals surface area contributed by atoms with Crippen molar-refractivity contribution in [1.29, 1.82) is 0 Å². The van der Waals surface area contributed by atoms with E-state index in [0.29, 0.717) is 28.7 Å².